The topological polar surface area (TPSA) is 53.1 Å². The van der Waals surface area contributed by atoms with Gasteiger partial charge in [-0.25, -0.2) is 8.78 Å². The van der Waals surface area contributed by atoms with Gasteiger partial charge in [0.25, 0.3) is 5.92 Å². The summed E-state index contributed by atoms with van der Waals surface area (Å²) in [5.74, 6) is -3.60. The zero-order valence-electron chi connectivity index (χ0n) is 13.4. The van der Waals surface area contributed by atoms with Crippen LogP contribution in [-0.2, 0) is 14.3 Å². The molecule has 3 aliphatic heterocycles. The lowest BCUT2D eigenvalue weighted by Crippen LogP contribution is -2.58. The molecular formula is C15H23F2N3O3. The first-order valence-corrected chi connectivity index (χ1v) is 8.03. The van der Waals surface area contributed by atoms with Crippen molar-refractivity contribution in [2.45, 2.75) is 18.8 Å². The minimum atomic E-state index is -3.01. The second-order valence-electron chi connectivity index (χ2n) is 6.93. The van der Waals surface area contributed by atoms with Gasteiger partial charge in [-0.05, 0) is 6.42 Å². The molecule has 3 heterocycles. The molecule has 0 aromatic heterocycles. The van der Waals surface area contributed by atoms with Gasteiger partial charge in [0, 0.05) is 39.6 Å². The summed E-state index contributed by atoms with van der Waals surface area (Å²) in [5.41, 5.74) is -1.11. The van der Waals surface area contributed by atoms with Crippen LogP contribution >= 0.6 is 0 Å². The normalized spacial score (nSPS) is 31.9. The zero-order chi connectivity index (χ0) is 16.7. The van der Waals surface area contributed by atoms with Gasteiger partial charge < -0.3 is 14.5 Å². The second-order valence-corrected chi connectivity index (χ2v) is 6.93. The molecule has 8 heteroatoms. The molecule has 1 spiro atoms. The van der Waals surface area contributed by atoms with Gasteiger partial charge in [-0.2, -0.15) is 0 Å². The van der Waals surface area contributed by atoms with Crippen LogP contribution in [0.15, 0.2) is 0 Å². The summed E-state index contributed by atoms with van der Waals surface area (Å²) in [6, 6.07) is 0. The van der Waals surface area contributed by atoms with E-state index in [1.165, 1.54) is 9.80 Å². The van der Waals surface area contributed by atoms with E-state index in [1.54, 1.807) is 7.05 Å². The van der Waals surface area contributed by atoms with E-state index in [9.17, 15) is 18.4 Å². The lowest BCUT2D eigenvalue weighted by molar-refractivity contribution is -0.163. The molecule has 6 nitrogen and oxygen atoms in total. The van der Waals surface area contributed by atoms with Crippen molar-refractivity contribution in [2.75, 3.05) is 59.5 Å². The molecule has 3 saturated heterocycles. The average molecular weight is 331 g/mol. The van der Waals surface area contributed by atoms with Crippen molar-refractivity contribution in [2.24, 2.45) is 5.41 Å². The van der Waals surface area contributed by atoms with E-state index < -0.39 is 24.3 Å². The predicted molar refractivity (Wildman–Crippen MR) is 78.1 cm³/mol. The number of halogens is 2. The first-order chi connectivity index (χ1) is 10.8. The van der Waals surface area contributed by atoms with Crippen LogP contribution in [0.4, 0.5) is 8.78 Å². The highest BCUT2D eigenvalue weighted by molar-refractivity contribution is 5.86. The number of morpholine rings is 1. The standard InChI is InChI=1S/C15H23F2N3O3/c1-18-3-2-14(13(18)22)9-15(16,17)11-20(10-14)12(21)8-19-4-6-23-7-5-19/h2-11H2,1H3/t14-/m0/s1. The van der Waals surface area contributed by atoms with Gasteiger partial charge in [-0.15, -0.1) is 0 Å². The van der Waals surface area contributed by atoms with Crippen molar-refractivity contribution in [3.05, 3.63) is 0 Å². The summed E-state index contributed by atoms with van der Waals surface area (Å²) in [5, 5.41) is 0. The number of ether oxygens (including phenoxy) is 1. The number of hydrogen-bond donors (Lipinski definition) is 0. The molecule has 1 atom stereocenters. The van der Waals surface area contributed by atoms with Crippen molar-refractivity contribution < 1.29 is 23.1 Å². The van der Waals surface area contributed by atoms with Gasteiger partial charge in [0.2, 0.25) is 11.8 Å². The molecule has 3 fully saturated rings. The number of hydrogen-bond acceptors (Lipinski definition) is 4. The fourth-order valence-electron chi connectivity index (χ4n) is 3.84. The number of rotatable bonds is 2. The SMILES string of the molecule is CN1CC[C@]2(CN(C(=O)CN3CCOCC3)CC(F)(F)C2)C1=O. The van der Waals surface area contributed by atoms with E-state index >= 15 is 0 Å². The van der Waals surface area contributed by atoms with E-state index in [1.807, 2.05) is 4.90 Å². The summed E-state index contributed by atoms with van der Waals surface area (Å²) in [4.78, 5) is 29.4. The molecule has 0 bridgehead atoms. The van der Waals surface area contributed by atoms with Crippen LogP contribution in [-0.4, -0.2) is 92.0 Å². The highest BCUT2D eigenvalue weighted by atomic mass is 19.3. The van der Waals surface area contributed by atoms with Gasteiger partial charge in [0.15, 0.2) is 0 Å². The third kappa shape index (κ3) is 3.33. The highest BCUT2D eigenvalue weighted by Gasteiger charge is 2.57. The summed E-state index contributed by atoms with van der Waals surface area (Å²) in [6.45, 7) is 2.46. The Morgan fingerprint density at radius 1 is 1.22 bits per heavy atom. The van der Waals surface area contributed by atoms with Gasteiger partial charge >= 0.3 is 0 Å². The van der Waals surface area contributed by atoms with Crippen molar-refractivity contribution in [1.29, 1.82) is 0 Å². The average Bonchev–Trinajstić information content (AvgIpc) is 2.75. The lowest BCUT2D eigenvalue weighted by Gasteiger charge is -2.43. The molecule has 3 aliphatic rings. The fraction of sp³-hybridized carbons (Fsp3) is 0.867. The van der Waals surface area contributed by atoms with Crippen molar-refractivity contribution >= 4 is 11.8 Å². The molecule has 0 aliphatic carbocycles. The Labute approximate surface area is 134 Å². The fourth-order valence-corrected chi connectivity index (χ4v) is 3.84. The van der Waals surface area contributed by atoms with Crippen LogP contribution in [0.3, 0.4) is 0 Å². The van der Waals surface area contributed by atoms with Crippen LogP contribution in [0.5, 0.6) is 0 Å². The van der Waals surface area contributed by atoms with Gasteiger partial charge in [-0.1, -0.05) is 0 Å². The van der Waals surface area contributed by atoms with Crippen LogP contribution in [0.2, 0.25) is 0 Å². The number of nitrogens with zero attached hydrogens (tertiary/aromatic N) is 3. The maximum Gasteiger partial charge on any atom is 0.266 e. The zero-order valence-corrected chi connectivity index (χ0v) is 13.4. The van der Waals surface area contributed by atoms with E-state index in [0.29, 0.717) is 39.3 Å². The van der Waals surface area contributed by atoms with Crippen LogP contribution < -0.4 is 0 Å². The molecular weight excluding hydrogens is 308 g/mol. The van der Waals surface area contributed by atoms with Crippen molar-refractivity contribution in [3.8, 4) is 0 Å². The van der Waals surface area contributed by atoms with Gasteiger partial charge in [0.05, 0.1) is 31.7 Å². The first kappa shape index (κ1) is 16.6. The van der Waals surface area contributed by atoms with E-state index in [2.05, 4.69) is 0 Å². The van der Waals surface area contributed by atoms with Gasteiger partial charge in [-0.3, -0.25) is 14.5 Å². The largest absolute Gasteiger partial charge is 0.379 e. The number of piperidine rings is 1. The summed E-state index contributed by atoms with van der Waals surface area (Å²) in [7, 11) is 1.63. The van der Waals surface area contributed by atoms with E-state index in [4.69, 9.17) is 4.74 Å². The second kappa shape index (κ2) is 5.98. The number of alkyl halides is 2. The maximum absolute atomic E-state index is 14.2. The molecule has 130 valence electrons. The molecule has 0 aromatic rings. The minimum absolute atomic E-state index is 0.106. The molecule has 23 heavy (non-hydrogen) atoms. The number of carbonyl (C=O) groups excluding carboxylic acids is 2. The third-order valence-corrected chi connectivity index (χ3v) is 5.05. The van der Waals surface area contributed by atoms with Crippen molar-refractivity contribution in [1.82, 2.24) is 14.7 Å². The Hall–Kier alpha value is -1.28. The Bertz CT molecular complexity index is 496. The Morgan fingerprint density at radius 2 is 1.91 bits per heavy atom. The minimum Gasteiger partial charge on any atom is -0.379 e. The number of likely N-dealkylation sites (tertiary alicyclic amines) is 2. The molecule has 0 unspecified atom stereocenters. The monoisotopic (exact) mass is 331 g/mol. The molecule has 0 radical (unpaired) electrons. The Morgan fingerprint density at radius 3 is 2.52 bits per heavy atom. The van der Waals surface area contributed by atoms with Crippen LogP contribution in [0, 0.1) is 5.41 Å². The number of amides is 2. The van der Waals surface area contributed by atoms with Crippen LogP contribution in [0.25, 0.3) is 0 Å². The predicted octanol–water partition coefficient (Wildman–Crippen LogP) is 0.0347. The highest BCUT2D eigenvalue weighted by Crippen LogP contribution is 2.45. The Balaban J connectivity index is 1.71. The molecule has 3 rings (SSSR count). The molecule has 0 aromatic carbocycles. The van der Waals surface area contributed by atoms with E-state index in [-0.39, 0.29) is 24.9 Å². The first-order valence-electron chi connectivity index (χ1n) is 8.03. The summed E-state index contributed by atoms with van der Waals surface area (Å²) >= 11 is 0. The quantitative estimate of drug-likeness (QED) is 0.717. The summed E-state index contributed by atoms with van der Waals surface area (Å²) < 4.78 is 33.6. The Kier molecular flexibility index (Phi) is 4.31. The van der Waals surface area contributed by atoms with Gasteiger partial charge in [0.1, 0.15) is 0 Å². The molecule has 0 N–H and O–H groups in total. The van der Waals surface area contributed by atoms with Crippen LogP contribution in [0.1, 0.15) is 12.8 Å². The lowest BCUT2D eigenvalue weighted by atomic mass is 9.77. The summed E-state index contributed by atoms with van der Waals surface area (Å²) in [6.07, 6.45) is -0.0657. The maximum atomic E-state index is 14.2. The molecule has 0 saturated carbocycles. The molecule has 2 amide bonds. The number of carbonyl (C=O) groups is 2. The third-order valence-electron chi connectivity index (χ3n) is 5.05. The van der Waals surface area contributed by atoms with Crippen molar-refractivity contribution in [3.63, 3.8) is 0 Å². The smallest absolute Gasteiger partial charge is 0.266 e. The van der Waals surface area contributed by atoms with E-state index in [0.717, 1.165) is 0 Å².